The van der Waals surface area contributed by atoms with Crippen molar-refractivity contribution >= 4 is 33.4 Å². The van der Waals surface area contributed by atoms with Crippen LogP contribution in [-0.2, 0) is 32.6 Å². The molecular weight excluding hydrogens is 534 g/mol. The Hall–Kier alpha value is -3.20. The van der Waals surface area contributed by atoms with Crippen molar-refractivity contribution in [3.05, 3.63) is 101 Å². The van der Waals surface area contributed by atoms with E-state index in [4.69, 9.17) is 11.6 Å². The molecule has 0 radical (unpaired) electrons. The number of nitrogens with one attached hydrogen (secondary N) is 1. The Bertz CT molecular complexity index is 1350. The van der Waals surface area contributed by atoms with Gasteiger partial charge in [-0.05, 0) is 48.7 Å². The minimum atomic E-state index is -3.96. The SMILES string of the molecule is CCCCNC(=O)[C@@H](Cc1ccccc1)N(Cc1cccc(C)c1)C(=O)CN(C)S(=O)(=O)c1ccc(Cl)cc1. The number of benzene rings is 3. The molecule has 0 saturated heterocycles. The van der Waals surface area contributed by atoms with Gasteiger partial charge >= 0.3 is 0 Å². The normalized spacial score (nSPS) is 12.2. The van der Waals surface area contributed by atoms with Crippen molar-refractivity contribution in [1.82, 2.24) is 14.5 Å². The van der Waals surface area contributed by atoms with E-state index >= 15 is 0 Å². The fourth-order valence-corrected chi connectivity index (χ4v) is 5.47. The Morgan fingerprint density at radius 1 is 0.949 bits per heavy atom. The minimum Gasteiger partial charge on any atom is -0.354 e. The summed E-state index contributed by atoms with van der Waals surface area (Å²) in [5.41, 5.74) is 2.78. The molecule has 1 atom stereocenters. The van der Waals surface area contributed by atoms with E-state index in [9.17, 15) is 18.0 Å². The maximum Gasteiger partial charge on any atom is 0.243 e. The summed E-state index contributed by atoms with van der Waals surface area (Å²) in [7, 11) is -2.60. The standard InChI is InChI=1S/C30H36ClN3O4S/c1-4-5-18-32-30(36)28(20-24-11-7-6-8-12-24)34(21-25-13-9-10-23(2)19-25)29(35)22-33(3)39(37,38)27-16-14-26(31)15-17-27/h6-17,19,28H,4-5,18,20-22H2,1-3H3,(H,32,36)/t28-/m1/s1. The van der Waals surface area contributed by atoms with Crippen LogP contribution in [0.1, 0.15) is 36.5 Å². The summed E-state index contributed by atoms with van der Waals surface area (Å²) in [6, 6.07) is 22.2. The molecule has 3 aromatic rings. The highest BCUT2D eigenvalue weighted by atomic mass is 35.5. The van der Waals surface area contributed by atoms with Gasteiger partial charge in [-0.25, -0.2) is 8.42 Å². The molecule has 2 amide bonds. The fraction of sp³-hybridized carbons (Fsp3) is 0.333. The van der Waals surface area contributed by atoms with Crippen LogP contribution in [0.15, 0.2) is 83.8 Å². The van der Waals surface area contributed by atoms with Gasteiger partial charge in [0.15, 0.2) is 0 Å². The number of nitrogens with zero attached hydrogens (tertiary/aromatic N) is 2. The number of carbonyl (C=O) groups excluding carboxylic acids is 2. The molecule has 0 saturated carbocycles. The number of aryl methyl sites for hydroxylation is 1. The van der Waals surface area contributed by atoms with Crippen LogP contribution in [-0.4, -0.2) is 55.6 Å². The van der Waals surface area contributed by atoms with Crippen molar-refractivity contribution in [2.24, 2.45) is 0 Å². The number of likely N-dealkylation sites (N-methyl/N-ethyl adjacent to an activating group) is 1. The third-order valence-corrected chi connectivity index (χ3v) is 8.49. The highest BCUT2D eigenvalue weighted by molar-refractivity contribution is 7.89. The summed E-state index contributed by atoms with van der Waals surface area (Å²) in [6.07, 6.45) is 2.03. The Morgan fingerprint density at radius 2 is 1.62 bits per heavy atom. The topological polar surface area (TPSA) is 86.8 Å². The molecule has 3 rings (SSSR count). The van der Waals surface area contributed by atoms with Gasteiger partial charge in [-0.3, -0.25) is 9.59 Å². The van der Waals surface area contributed by atoms with Crippen LogP contribution < -0.4 is 5.32 Å². The molecule has 1 N–H and O–H groups in total. The number of halogens is 1. The first-order valence-electron chi connectivity index (χ1n) is 13.0. The number of carbonyl (C=O) groups is 2. The molecule has 3 aromatic carbocycles. The molecule has 0 fully saturated rings. The van der Waals surface area contributed by atoms with Gasteiger partial charge in [0.2, 0.25) is 21.8 Å². The average Bonchev–Trinajstić information content (AvgIpc) is 2.91. The lowest BCUT2D eigenvalue weighted by molar-refractivity contribution is -0.141. The third kappa shape index (κ3) is 8.65. The van der Waals surface area contributed by atoms with E-state index in [-0.39, 0.29) is 17.3 Å². The first kappa shape index (κ1) is 30.3. The number of sulfonamides is 1. The van der Waals surface area contributed by atoms with Crippen LogP contribution in [0.2, 0.25) is 5.02 Å². The van der Waals surface area contributed by atoms with E-state index < -0.39 is 28.5 Å². The largest absolute Gasteiger partial charge is 0.354 e. The maximum atomic E-state index is 13.9. The molecule has 0 aliphatic heterocycles. The summed E-state index contributed by atoms with van der Waals surface area (Å²) in [4.78, 5) is 28.9. The van der Waals surface area contributed by atoms with Crippen LogP contribution in [0.4, 0.5) is 0 Å². The molecule has 39 heavy (non-hydrogen) atoms. The van der Waals surface area contributed by atoms with Gasteiger partial charge in [0, 0.05) is 31.6 Å². The van der Waals surface area contributed by atoms with E-state index in [1.807, 2.05) is 68.4 Å². The van der Waals surface area contributed by atoms with Gasteiger partial charge in [-0.15, -0.1) is 0 Å². The number of amides is 2. The summed E-state index contributed by atoms with van der Waals surface area (Å²) >= 11 is 5.92. The molecule has 0 spiro atoms. The van der Waals surface area contributed by atoms with Crippen molar-refractivity contribution in [3.63, 3.8) is 0 Å². The van der Waals surface area contributed by atoms with Crippen LogP contribution >= 0.6 is 11.6 Å². The van der Waals surface area contributed by atoms with Gasteiger partial charge < -0.3 is 10.2 Å². The number of hydrogen-bond donors (Lipinski definition) is 1. The zero-order valence-corrected chi connectivity index (χ0v) is 24.2. The molecular formula is C30H36ClN3O4S. The van der Waals surface area contributed by atoms with Crippen LogP contribution in [0, 0.1) is 6.92 Å². The van der Waals surface area contributed by atoms with Gasteiger partial charge in [0.1, 0.15) is 6.04 Å². The molecule has 208 valence electrons. The lowest BCUT2D eigenvalue weighted by atomic mass is 10.0. The number of rotatable bonds is 13. The Labute approximate surface area is 236 Å². The lowest BCUT2D eigenvalue weighted by Gasteiger charge is -2.32. The highest BCUT2D eigenvalue weighted by Crippen LogP contribution is 2.20. The smallest absolute Gasteiger partial charge is 0.243 e. The summed E-state index contributed by atoms with van der Waals surface area (Å²) in [5, 5.41) is 3.39. The minimum absolute atomic E-state index is 0.0329. The van der Waals surface area contributed by atoms with Crippen molar-refractivity contribution in [2.75, 3.05) is 20.1 Å². The van der Waals surface area contributed by atoms with E-state index in [1.54, 1.807) is 0 Å². The zero-order valence-electron chi connectivity index (χ0n) is 22.6. The van der Waals surface area contributed by atoms with Gasteiger partial charge in [0.25, 0.3) is 0 Å². The molecule has 7 nitrogen and oxygen atoms in total. The predicted octanol–water partition coefficient (Wildman–Crippen LogP) is 4.83. The summed E-state index contributed by atoms with van der Waals surface area (Å²) in [5.74, 6) is -0.736. The molecule has 0 aliphatic rings. The van der Waals surface area contributed by atoms with Gasteiger partial charge in [0.05, 0.1) is 11.4 Å². The van der Waals surface area contributed by atoms with Crippen molar-refractivity contribution < 1.29 is 18.0 Å². The van der Waals surface area contributed by atoms with Crippen LogP contribution in [0.5, 0.6) is 0 Å². The van der Waals surface area contributed by atoms with E-state index in [1.165, 1.54) is 36.2 Å². The zero-order chi connectivity index (χ0) is 28.4. The van der Waals surface area contributed by atoms with Gasteiger partial charge in [-0.1, -0.05) is 85.1 Å². The fourth-order valence-electron chi connectivity index (χ4n) is 4.22. The summed E-state index contributed by atoms with van der Waals surface area (Å²) < 4.78 is 27.4. The van der Waals surface area contributed by atoms with E-state index in [0.717, 1.165) is 33.8 Å². The molecule has 0 bridgehead atoms. The average molecular weight is 570 g/mol. The van der Waals surface area contributed by atoms with E-state index in [0.29, 0.717) is 18.0 Å². The second kappa shape index (κ2) is 14.3. The second-order valence-corrected chi connectivity index (χ2v) is 12.1. The molecule has 0 aromatic heterocycles. The number of unbranched alkanes of at least 4 members (excludes halogenated alkanes) is 1. The first-order chi connectivity index (χ1) is 18.6. The third-order valence-electron chi connectivity index (χ3n) is 6.42. The summed E-state index contributed by atoms with van der Waals surface area (Å²) in [6.45, 7) is 4.23. The first-order valence-corrected chi connectivity index (χ1v) is 14.8. The second-order valence-electron chi connectivity index (χ2n) is 9.58. The predicted molar refractivity (Wildman–Crippen MR) is 155 cm³/mol. The molecule has 0 aliphatic carbocycles. The van der Waals surface area contributed by atoms with Crippen molar-refractivity contribution in [1.29, 1.82) is 0 Å². The quantitative estimate of drug-likeness (QED) is 0.299. The Balaban J connectivity index is 1.95. The van der Waals surface area contributed by atoms with E-state index in [2.05, 4.69) is 5.32 Å². The molecule has 0 unspecified atom stereocenters. The highest BCUT2D eigenvalue weighted by Gasteiger charge is 2.33. The number of hydrogen-bond acceptors (Lipinski definition) is 4. The van der Waals surface area contributed by atoms with Crippen LogP contribution in [0.25, 0.3) is 0 Å². The Kier molecular flexibility index (Phi) is 11.1. The van der Waals surface area contributed by atoms with Crippen LogP contribution in [0.3, 0.4) is 0 Å². The lowest BCUT2D eigenvalue weighted by Crippen LogP contribution is -2.53. The molecule has 0 heterocycles. The van der Waals surface area contributed by atoms with Gasteiger partial charge in [-0.2, -0.15) is 4.31 Å². The monoisotopic (exact) mass is 569 g/mol. The van der Waals surface area contributed by atoms with Crippen molar-refractivity contribution in [2.45, 2.75) is 50.6 Å². The Morgan fingerprint density at radius 3 is 2.26 bits per heavy atom. The molecule has 9 heteroatoms. The van der Waals surface area contributed by atoms with Crippen molar-refractivity contribution in [3.8, 4) is 0 Å². The maximum absolute atomic E-state index is 13.9.